The first-order valence-corrected chi connectivity index (χ1v) is 5.50. The lowest BCUT2D eigenvalue weighted by atomic mass is 10.3. The summed E-state index contributed by atoms with van der Waals surface area (Å²) in [4.78, 5) is 27.2. The van der Waals surface area contributed by atoms with Gasteiger partial charge in [-0.1, -0.05) is 24.3 Å². The molecule has 0 radical (unpaired) electrons. The number of rotatable bonds is 3. The Morgan fingerprint density at radius 3 is 3.00 bits per heavy atom. The first-order chi connectivity index (χ1) is 8.74. The molecule has 5 nitrogen and oxygen atoms in total. The normalized spacial score (nSPS) is 11.8. The number of allylic oxidation sites excluding steroid dienone is 4. The molecule has 0 saturated carbocycles. The molecular weight excluding hydrogens is 232 g/mol. The van der Waals surface area contributed by atoms with E-state index >= 15 is 0 Å². The molecule has 0 unspecified atom stereocenters. The molecule has 0 amide bonds. The third kappa shape index (κ3) is 2.29. The second-order valence-corrected chi connectivity index (χ2v) is 3.59. The lowest BCUT2D eigenvalue weighted by molar-refractivity contribution is 0.424. The zero-order valence-corrected chi connectivity index (χ0v) is 9.87. The first-order valence-electron chi connectivity index (χ1n) is 5.50. The average Bonchev–Trinajstić information content (AvgIpc) is 2.38. The summed E-state index contributed by atoms with van der Waals surface area (Å²) in [6.07, 6.45) is 8.86. The van der Waals surface area contributed by atoms with E-state index in [1.165, 1.54) is 10.8 Å². The zero-order valence-electron chi connectivity index (χ0n) is 9.87. The van der Waals surface area contributed by atoms with E-state index in [0.29, 0.717) is 17.6 Å². The molecule has 18 heavy (non-hydrogen) atoms. The standard InChI is InChI=1S/C13H12N2O3/c1-2-3-4-5-9-15-11-10(7-6-8-14-11)12(16)18-13(15)17/h2-8H,9H2,1H3/b3-2+,5-4+. The van der Waals surface area contributed by atoms with Gasteiger partial charge in [0.2, 0.25) is 0 Å². The van der Waals surface area contributed by atoms with Crippen LogP contribution in [-0.2, 0) is 6.54 Å². The van der Waals surface area contributed by atoms with E-state index in [1.54, 1.807) is 18.2 Å². The highest BCUT2D eigenvalue weighted by molar-refractivity contribution is 5.72. The molecule has 0 aliphatic rings. The minimum Gasteiger partial charge on any atom is -0.372 e. The second kappa shape index (κ2) is 5.27. The van der Waals surface area contributed by atoms with E-state index in [1.807, 2.05) is 25.2 Å². The van der Waals surface area contributed by atoms with Crippen LogP contribution in [-0.4, -0.2) is 9.55 Å². The predicted molar refractivity (Wildman–Crippen MR) is 68.5 cm³/mol. The minimum absolute atomic E-state index is 0.302. The van der Waals surface area contributed by atoms with Crippen molar-refractivity contribution in [2.75, 3.05) is 0 Å². The summed E-state index contributed by atoms with van der Waals surface area (Å²) in [7, 11) is 0. The number of nitrogens with zero attached hydrogens (tertiary/aromatic N) is 2. The van der Waals surface area contributed by atoms with Gasteiger partial charge in [-0.05, 0) is 19.1 Å². The van der Waals surface area contributed by atoms with Crippen LogP contribution < -0.4 is 11.4 Å². The zero-order chi connectivity index (χ0) is 13.0. The van der Waals surface area contributed by atoms with Gasteiger partial charge in [-0.15, -0.1) is 0 Å². The molecule has 92 valence electrons. The van der Waals surface area contributed by atoms with Crippen molar-refractivity contribution in [3.05, 3.63) is 63.6 Å². The van der Waals surface area contributed by atoms with Crippen LogP contribution in [0.3, 0.4) is 0 Å². The Kier molecular flexibility index (Phi) is 3.52. The van der Waals surface area contributed by atoms with Crippen molar-refractivity contribution in [1.29, 1.82) is 0 Å². The van der Waals surface area contributed by atoms with Crippen molar-refractivity contribution in [3.63, 3.8) is 0 Å². The summed E-state index contributed by atoms with van der Waals surface area (Å²) in [5.74, 6) is -0.698. The van der Waals surface area contributed by atoms with Crippen LogP contribution in [0.25, 0.3) is 11.0 Å². The molecule has 0 fully saturated rings. The van der Waals surface area contributed by atoms with Crippen LogP contribution >= 0.6 is 0 Å². The van der Waals surface area contributed by atoms with Crippen molar-refractivity contribution >= 4 is 11.0 Å². The maximum absolute atomic E-state index is 11.6. The van der Waals surface area contributed by atoms with E-state index < -0.39 is 11.4 Å². The van der Waals surface area contributed by atoms with Crippen LogP contribution in [0.5, 0.6) is 0 Å². The number of fused-ring (bicyclic) bond motifs is 1. The molecule has 5 heteroatoms. The first kappa shape index (κ1) is 12.0. The van der Waals surface area contributed by atoms with Gasteiger partial charge in [0.25, 0.3) is 0 Å². The van der Waals surface area contributed by atoms with Crippen LogP contribution in [0.2, 0.25) is 0 Å². The Morgan fingerprint density at radius 1 is 1.39 bits per heavy atom. The van der Waals surface area contributed by atoms with Gasteiger partial charge in [0.1, 0.15) is 5.39 Å². The summed E-state index contributed by atoms with van der Waals surface area (Å²) in [5, 5.41) is 0.302. The van der Waals surface area contributed by atoms with Crippen LogP contribution in [0, 0.1) is 0 Å². The fourth-order valence-corrected chi connectivity index (χ4v) is 1.56. The molecule has 0 atom stereocenters. The highest BCUT2D eigenvalue weighted by Gasteiger charge is 2.08. The Bertz CT molecular complexity index is 723. The average molecular weight is 244 g/mol. The third-order valence-corrected chi connectivity index (χ3v) is 2.39. The lowest BCUT2D eigenvalue weighted by Gasteiger charge is -2.03. The summed E-state index contributed by atoms with van der Waals surface area (Å²) in [6, 6.07) is 3.21. The molecule has 0 aliphatic heterocycles. The Hall–Kier alpha value is -2.43. The van der Waals surface area contributed by atoms with Gasteiger partial charge in [-0.25, -0.2) is 14.6 Å². The summed E-state index contributed by atoms with van der Waals surface area (Å²) >= 11 is 0. The molecule has 0 saturated heterocycles. The fourth-order valence-electron chi connectivity index (χ4n) is 1.56. The molecule has 0 aliphatic carbocycles. The van der Waals surface area contributed by atoms with Gasteiger partial charge < -0.3 is 4.42 Å². The minimum atomic E-state index is -0.698. The van der Waals surface area contributed by atoms with Crippen molar-refractivity contribution in [3.8, 4) is 0 Å². The lowest BCUT2D eigenvalue weighted by Crippen LogP contribution is -2.25. The predicted octanol–water partition coefficient (Wildman–Crippen LogP) is 1.48. The molecule has 0 aromatic carbocycles. The van der Waals surface area contributed by atoms with Gasteiger partial charge in [-0.3, -0.25) is 4.57 Å². The maximum atomic E-state index is 11.6. The highest BCUT2D eigenvalue weighted by Crippen LogP contribution is 2.03. The molecule has 2 rings (SSSR count). The molecule has 0 N–H and O–H groups in total. The van der Waals surface area contributed by atoms with Gasteiger partial charge in [0.15, 0.2) is 5.65 Å². The van der Waals surface area contributed by atoms with E-state index in [9.17, 15) is 9.59 Å². The third-order valence-electron chi connectivity index (χ3n) is 2.39. The van der Waals surface area contributed by atoms with Gasteiger partial charge in [0, 0.05) is 12.7 Å². The molecule has 0 spiro atoms. The van der Waals surface area contributed by atoms with E-state index in [0.717, 1.165) is 0 Å². The Morgan fingerprint density at radius 2 is 2.22 bits per heavy atom. The second-order valence-electron chi connectivity index (χ2n) is 3.59. The van der Waals surface area contributed by atoms with E-state index in [2.05, 4.69) is 9.40 Å². The van der Waals surface area contributed by atoms with Crippen molar-refractivity contribution in [2.24, 2.45) is 0 Å². The van der Waals surface area contributed by atoms with Crippen molar-refractivity contribution in [1.82, 2.24) is 9.55 Å². The van der Waals surface area contributed by atoms with Gasteiger partial charge >= 0.3 is 11.4 Å². The van der Waals surface area contributed by atoms with Crippen molar-refractivity contribution in [2.45, 2.75) is 13.5 Å². The molecule has 0 bridgehead atoms. The molecule has 2 heterocycles. The Labute approximate surface area is 103 Å². The summed E-state index contributed by atoms with van der Waals surface area (Å²) in [6.45, 7) is 2.20. The topological polar surface area (TPSA) is 65.1 Å². The quantitative estimate of drug-likeness (QED) is 0.767. The van der Waals surface area contributed by atoms with Crippen LogP contribution in [0.1, 0.15) is 6.92 Å². The smallest absolute Gasteiger partial charge is 0.372 e. The van der Waals surface area contributed by atoms with Gasteiger partial charge in [0.05, 0.1) is 0 Å². The molecule has 2 aromatic rings. The number of hydrogen-bond acceptors (Lipinski definition) is 4. The molecular formula is C13H12N2O3. The fraction of sp³-hybridized carbons (Fsp3) is 0.154. The number of aromatic nitrogens is 2. The Balaban J connectivity index is 2.56. The van der Waals surface area contributed by atoms with Crippen LogP contribution in [0.15, 0.2) is 56.6 Å². The van der Waals surface area contributed by atoms with Gasteiger partial charge in [-0.2, -0.15) is 0 Å². The summed E-state index contributed by atoms with van der Waals surface area (Å²) in [5.41, 5.74) is -0.319. The number of pyridine rings is 1. The molecule has 2 aromatic heterocycles. The monoisotopic (exact) mass is 244 g/mol. The summed E-state index contributed by atoms with van der Waals surface area (Å²) < 4.78 is 5.95. The van der Waals surface area contributed by atoms with Crippen LogP contribution in [0.4, 0.5) is 0 Å². The van der Waals surface area contributed by atoms with E-state index in [-0.39, 0.29) is 0 Å². The van der Waals surface area contributed by atoms with Crippen molar-refractivity contribution < 1.29 is 4.42 Å². The largest absolute Gasteiger partial charge is 0.423 e. The van der Waals surface area contributed by atoms with E-state index in [4.69, 9.17) is 0 Å². The number of hydrogen-bond donors (Lipinski definition) is 0. The maximum Gasteiger partial charge on any atom is 0.423 e. The highest BCUT2D eigenvalue weighted by atomic mass is 16.4. The SMILES string of the molecule is C/C=C/C=C/Cn1c(=O)oc(=O)c2cccnc21.